The molecule has 0 bridgehead atoms. The molecule has 1 aromatic carbocycles. The molecule has 2 heteroatoms. The first-order valence-corrected chi connectivity index (χ1v) is 5.08. The molecular weight excluding hydrogens is 172 g/mol. The van der Waals surface area contributed by atoms with Crippen molar-refractivity contribution in [1.29, 1.82) is 5.26 Å². The van der Waals surface area contributed by atoms with E-state index in [1.807, 2.05) is 0 Å². The quantitative estimate of drug-likeness (QED) is 0.577. The van der Waals surface area contributed by atoms with Crippen molar-refractivity contribution < 1.29 is 0 Å². The molecule has 72 valence electrons. The largest absolute Gasteiger partial charge is 0.300 e. The lowest BCUT2D eigenvalue weighted by Crippen LogP contribution is -2.13. The number of benzene rings is 1. The number of nitrogens with one attached hydrogen (secondary N) is 1. The third kappa shape index (κ3) is 1.94. The Morgan fingerprint density at radius 3 is 3.00 bits per heavy atom. The fraction of sp³-hybridized carbons (Fsp3) is 0.417. The van der Waals surface area contributed by atoms with Crippen LogP contribution in [0.4, 0.5) is 0 Å². The molecule has 2 nitrogen and oxygen atoms in total. The molecule has 0 aliphatic heterocycles. The zero-order chi connectivity index (χ0) is 9.80. The van der Waals surface area contributed by atoms with E-state index in [9.17, 15) is 0 Å². The third-order valence-corrected chi connectivity index (χ3v) is 2.70. The minimum atomic E-state index is 0.428. The minimum Gasteiger partial charge on any atom is -0.300 e. The van der Waals surface area contributed by atoms with E-state index in [1.165, 1.54) is 36.0 Å². The van der Waals surface area contributed by atoms with Gasteiger partial charge >= 0.3 is 0 Å². The summed E-state index contributed by atoms with van der Waals surface area (Å²) in [4.78, 5) is 0. The monoisotopic (exact) mass is 186 g/mol. The molecule has 0 saturated heterocycles. The Morgan fingerprint density at radius 1 is 1.29 bits per heavy atom. The van der Waals surface area contributed by atoms with Crippen LogP contribution in [0.1, 0.15) is 23.1 Å². The Hall–Kier alpha value is -1.33. The predicted molar refractivity (Wildman–Crippen MR) is 55.8 cm³/mol. The average molecular weight is 186 g/mol. The molecule has 0 radical (unpaired) electrons. The highest BCUT2D eigenvalue weighted by Gasteiger charge is 2.10. The van der Waals surface area contributed by atoms with E-state index >= 15 is 0 Å². The van der Waals surface area contributed by atoms with Crippen molar-refractivity contribution in [2.24, 2.45) is 0 Å². The van der Waals surface area contributed by atoms with E-state index in [1.54, 1.807) is 0 Å². The van der Waals surface area contributed by atoms with Gasteiger partial charge in [-0.2, -0.15) is 5.26 Å². The third-order valence-electron chi connectivity index (χ3n) is 2.70. The summed E-state index contributed by atoms with van der Waals surface area (Å²) in [5.74, 6) is 0. The van der Waals surface area contributed by atoms with Gasteiger partial charge in [0.2, 0.25) is 0 Å². The van der Waals surface area contributed by atoms with E-state index in [0.29, 0.717) is 6.54 Å². The molecule has 0 unspecified atom stereocenters. The van der Waals surface area contributed by atoms with Crippen LogP contribution in [0.5, 0.6) is 0 Å². The Balaban J connectivity index is 2.02. The van der Waals surface area contributed by atoms with Gasteiger partial charge in [0.15, 0.2) is 0 Å². The first-order valence-electron chi connectivity index (χ1n) is 5.08. The van der Waals surface area contributed by atoms with Crippen molar-refractivity contribution in [2.45, 2.75) is 25.8 Å². The lowest BCUT2D eigenvalue weighted by atomic mass is 10.1. The maximum absolute atomic E-state index is 8.39. The number of rotatable bonds is 3. The maximum atomic E-state index is 8.39. The van der Waals surface area contributed by atoms with E-state index in [4.69, 9.17) is 5.26 Å². The molecular formula is C12H14N2. The van der Waals surface area contributed by atoms with Crippen molar-refractivity contribution in [2.75, 3.05) is 6.54 Å². The van der Waals surface area contributed by atoms with Crippen LogP contribution >= 0.6 is 0 Å². The van der Waals surface area contributed by atoms with Gasteiger partial charge in [0.05, 0.1) is 12.6 Å². The topological polar surface area (TPSA) is 35.8 Å². The van der Waals surface area contributed by atoms with Crippen LogP contribution < -0.4 is 5.32 Å². The summed E-state index contributed by atoms with van der Waals surface area (Å²) in [5.41, 5.74) is 4.30. The molecule has 0 aromatic heterocycles. The predicted octanol–water partition coefficient (Wildman–Crippen LogP) is 1.79. The number of fused-ring (bicyclic) bond motifs is 1. The van der Waals surface area contributed by atoms with Gasteiger partial charge in [-0.05, 0) is 36.0 Å². The number of nitrogens with zero attached hydrogens (tertiary/aromatic N) is 1. The van der Waals surface area contributed by atoms with Crippen LogP contribution in [0, 0.1) is 11.3 Å². The second-order valence-electron chi connectivity index (χ2n) is 3.72. The Labute approximate surface area is 84.6 Å². The standard InChI is InChI=1S/C12H14N2/c13-6-7-14-9-10-4-5-11-2-1-3-12(11)8-10/h4-5,8,14H,1-3,7,9H2. The zero-order valence-corrected chi connectivity index (χ0v) is 8.21. The van der Waals surface area contributed by atoms with Crippen LogP contribution in [0.15, 0.2) is 18.2 Å². The van der Waals surface area contributed by atoms with Gasteiger partial charge in [-0.15, -0.1) is 0 Å². The molecule has 0 atom stereocenters. The number of nitriles is 1. The van der Waals surface area contributed by atoms with E-state index in [2.05, 4.69) is 29.6 Å². The zero-order valence-electron chi connectivity index (χ0n) is 8.21. The summed E-state index contributed by atoms with van der Waals surface area (Å²) in [6, 6.07) is 8.74. The van der Waals surface area contributed by atoms with E-state index in [0.717, 1.165) is 6.54 Å². The summed E-state index contributed by atoms with van der Waals surface area (Å²) in [6.07, 6.45) is 3.76. The molecule has 1 aromatic rings. The second-order valence-corrected chi connectivity index (χ2v) is 3.72. The first-order chi connectivity index (χ1) is 6.90. The summed E-state index contributed by atoms with van der Waals surface area (Å²) in [5, 5.41) is 11.5. The van der Waals surface area contributed by atoms with Gasteiger partial charge in [0, 0.05) is 6.54 Å². The maximum Gasteiger partial charge on any atom is 0.0843 e. The lowest BCUT2D eigenvalue weighted by molar-refractivity contribution is 0.764. The average Bonchev–Trinajstić information content (AvgIpc) is 2.65. The number of hydrogen-bond donors (Lipinski definition) is 1. The van der Waals surface area contributed by atoms with Crippen molar-refractivity contribution in [1.82, 2.24) is 5.32 Å². The van der Waals surface area contributed by atoms with Crippen LogP contribution in [0.3, 0.4) is 0 Å². The molecule has 0 fully saturated rings. The second kappa shape index (κ2) is 4.26. The molecule has 1 N–H and O–H groups in total. The van der Waals surface area contributed by atoms with Gasteiger partial charge < -0.3 is 5.32 Å². The van der Waals surface area contributed by atoms with Crippen LogP contribution in [0.2, 0.25) is 0 Å². The van der Waals surface area contributed by atoms with Gasteiger partial charge in [0.1, 0.15) is 0 Å². The smallest absolute Gasteiger partial charge is 0.0843 e. The molecule has 0 heterocycles. The Bertz CT molecular complexity index is 363. The van der Waals surface area contributed by atoms with Crippen LogP contribution in [-0.2, 0) is 19.4 Å². The lowest BCUT2D eigenvalue weighted by Gasteiger charge is -2.04. The normalized spacial score (nSPS) is 13.6. The van der Waals surface area contributed by atoms with Crippen molar-refractivity contribution >= 4 is 0 Å². The van der Waals surface area contributed by atoms with Crippen LogP contribution in [-0.4, -0.2) is 6.54 Å². The number of aryl methyl sites for hydroxylation is 2. The number of hydrogen-bond acceptors (Lipinski definition) is 2. The molecule has 2 rings (SSSR count). The molecule has 1 aliphatic rings. The van der Waals surface area contributed by atoms with Gasteiger partial charge in [-0.1, -0.05) is 18.2 Å². The highest BCUT2D eigenvalue weighted by Crippen LogP contribution is 2.22. The fourth-order valence-electron chi connectivity index (χ4n) is 2.00. The van der Waals surface area contributed by atoms with Gasteiger partial charge in [-0.3, -0.25) is 0 Å². The fourth-order valence-corrected chi connectivity index (χ4v) is 2.00. The summed E-state index contributed by atoms with van der Waals surface area (Å²) >= 11 is 0. The van der Waals surface area contributed by atoms with Crippen molar-refractivity contribution in [3.05, 3.63) is 34.9 Å². The molecule has 0 spiro atoms. The summed E-state index contributed by atoms with van der Waals surface area (Å²) in [6.45, 7) is 1.23. The first kappa shape index (κ1) is 9.23. The van der Waals surface area contributed by atoms with Gasteiger partial charge in [-0.25, -0.2) is 0 Å². The van der Waals surface area contributed by atoms with Crippen molar-refractivity contribution in [3.8, 4) is 6.07 Å². The minimum absolute atomic E-state index is 0.428. The summed E-state index contributed by atoms with van der Waals surface area (Å²) in [7, 11) is 0. The SMILES string of the molecule is N#CCNCc1ccc2c(c1)CCC2. The summed E-state index contributed by atoms with van der Waals surface area (Å²) < 4.78 is 0. The van der Waals surface area contributed by atoms with Crippen LogP contribution in [0.25, 0.3) is 0 Å². The molecule has 1 aliphatic carbocycles. The molecule has 14 heavy (non-hydrogen) atoms. The van der Waals surface area contributed by atoms with E-state index < -0.39 is 0 Å². The molecule has 0 amide bonds. The van der Waals surface area contributed by atoms with E-state index in [-0.39, 0.29) is 0 Å². The highest BCUT2D eigenvalue weighted by molar-refractivity contribution is 5.35. The highest BCUT2D eigenvalue weighted by atomic mass is 14.8. The Kier molecular flexibility index (Phi) is 2.81. The van der Waals surface area contributed by atoms with Crippen molar-refractivity contribution in [3.63, 3.8) is 0 Å². The molecule has 0 saturated carbocycles. The Morgan fingerprint density at radius 2 is 2.14 bits per heavy atom. The van der Waals surface area contributed by atoms with Gasteiger partial charge in [0.25, 0.3) is 0 Å².